The highest BCUT2D eigenvalue weighted by atomic mass is 16.6. The fourth-order valence-corrected chi connectivity index (χ4v) is 1.78. The second kappa shape index (κ2) is 5.55. The maximum Gasteiger partial charge on any atom is 0.353 e. The number of rotatable bonds is 5. The molecule has 102 valence electrons. The molecule has 7 nitrogen and oxygen atoms in total. The lowest BCUT2D eigenvalue weighted by atomic mass is 10.1. The van der Waals surface area contributed by atoms with Gasteiger partial charge in [0.05, 0.1) is 12.8 Å². The van der Waals surface area contributed by atoms with Crippen molar-refractivity contribution < 1.29 is 24.0 Å². The Morgan fingerprint density at radius 3 is 2.89 bits per heavy atom. The molecule has 2 heterocycles. The van der Waals surface area contributed by atoms with Gasteiger partial charge in [-0.15, -0.1) is 0 Å². The molecule has 1 N–H and O–H groups in total. The molecule has 0 aromatic carbocycles. The van der Waals surface area contributed by atoms with Crippen molar-refractivity contribution in [3.63, 3.8) is 0 Å². The molecule has 0 bridgehead atoms. The van der Waals surface area contributed by atoms with E-state index in [2.05, 4.69) is 5.16 Å². The number of carboxylic acids is 1. The summed E-state index contributed by atoms with van der Waals surface area (Å²) >= 11 is 0. The minimum Gasteiger partial charge on any atom is -0.477 e. The molecule has 0 radical (unpaired) electrons. The maximum absolute atomic E-state index is 12.2. The monoisotopic (exact) mass is 266 g/mol. The molecular weight excluding hydrogens is 252 g/mol. The molecule has 7 heteroatoms. The smallest absolute Gasteiger partial charge is 0.353 e. The molecule has 1 atom stereocenters. The average Bonchev–Trinajstić information content (AvgIpc) is 3.06. The van der Waals surface area contributed by atoms with Gasteiger partial charge in [-0.25, -0.2) is 4.79 Å². The van der Waals surface area contributed by atoms with E-state index in [9.17, 15) is 9.59 Å². The second-order valence-electron chi connectivity index (χ2n) is 4.07. The first kappa shape index (κ1) is 13.1. The SMILES string of the molecule is CCN(Cc1ccco1)C(=O)C1CC(C(=O)O)=NO1. The highest BCUT2D eigenvalue weighted by molar-refractivity contribution is 6.36. The van der Waals surface area contributed by atoms with Crippen LogP contribution in [-0.4, -0.2) is 40.2 Å². The Kier molecular flexibility index (Phi) is 3.84. The minimum absolute atomic E-state index is 0.0111. The van der Waals surface area contributed by atoms with Crippen molar-refractivity contribution in [2.75, 3.05) is 6.54 Å². The normalized spacial score (nSPS) is 17.7. The number of furan rings is 1. The van der Waals surface area contributed by atoms with E-state index in [1.54, 1.807) is 12.1 Å². The van der Waals surface area contributed by atoms with Crippen LogP contribution in [0.25, 0.3) is 0 Å². The highest BCUT2D eigenvalue weighted by Crippen LogP contribution is 2.15. The van der Waals surface area contributed by atoms with Crippen LogP contribution in [0.5, 0.6) is 0 Å². The lowest BCUT2D eigenvalue weighted by molar-refractivity contribution is -0.142. The van der Waals surface area contributed by atoms with Gasteiger partial charge in [0.1, 0.15) is 5.76 Å². The molecular formula is C12H14N2O5. The average molecular weight is 266 g/mol. The summed E-state index contributed by atoms with van der Waals surface area (Å²) in [5.41, 5.74) is -0.132. The van der Waals surface area contributed by atoms with Crippen molar-refractivity contribution in [3.8, 4) is 0 Å². The second-order valence-corrected chi connectivity index (χ2v) is 4.07. The van der Waals surface area contributed by atoms with Crippen LogP contribution in [0.1, 0.15) is 19.1 Å². The third-order valence-electron chi connectivity index (χ3n) is 2.81. The lowest BCUT2D eigenvalue weighted by Crippen LogP contribution is -2.39. The van der Waals surface area contributed by atoms with Gasteiger partial charge in [0.25, 0.3) is 5.91 Å². The Labute approximate surface area is 109 Å². The zero-order chi connectivity index (χ0) is 13.8. The van der Waals surface area contributed by atoms with Crippen LogP contribution in [0.3, 0.4) is 0 Å². The van der Waals surface area contributed by atoms with Gasteiger partial charge in [-0.3, -0.25) is 4.79 Å². The Balaban J connectivity index is 1.97. The fourth-order valence-electron chi connectivity index (χ4n) is 1.78. The van der Waals surface area contributed by atoms with Crippen LogP contribution >= 0.6 is 0 Å². The molecule has 1 aliphatic rings. The molecule has 1 amide bonds. The zero-order valence-corrected chi connectivity index (χ0v) is 10.4. The van der Waals surface area contributed by atoms with Crippen LogP contribution in [0.15, 0.2) is 28.0 Å². The topological polar surface area (TPSA) is 92.3 Å². The third kappa shape index (κ3) is 2.93. The Morgan fingerprint density at radius 1 is 1.58 bits per heavy atom. The third-order valence-corrected chi connectivity index (χ3v) is 2.81. The number of likely N-dealkylation sites (N-methyl/N-ethyl adjacent to an activating group) is 1. The number of hydrogen-bond donors (Lipinski definition) is 1. The van der Waals surface area contributed by atoms with Crippen molar-refractivity contribution >= 4 is 17.6 Å². The van der Waals surface area contributed by atoms with Crippen LogP contribution in [0, 0.1) is 0 Å². The molecule has 1 aromatic rings. The molecule has 0 spiro atoms. The molecule has 0 aliphatic carbocycles. The number of carbonyl (C=O) groups excluding carboxylic acids is 1. The predicted octanol–water partition coefficient (Wildman–Crippen LogP) is 0.858. The largest absolute Gasteiger partial charge is 0.477 e. The Hall–Kier alpha value is -2.31. The van der Waals surface area contributed by atoms with Gasteiger partial charge in [-0.1, -0.05) is 5.16 Å². The maximum atomic E-state index is 12.2. The fraction of sp³-hybridized carbons (Fsp3) is 0.417. The quantitative estimate of drug-likeness (QED) is 0.853. The van der Waals surface area contributed by atoms with Crippen LogP contribution in [0.2, 0.25) is 0 Å². The van der Waals surface area contributed by atoms with E-state index in [-0.39, 0.29) is 18.0 Å². The number of oxime groups is 1. The number of aliphatic carboxylic acids is 1. The molecule has 0 saturated carbocycles. The van der Waals surface area contributed by atoms with E-state index in [0.717, 1.165) is 0 Å². The first-order valence-corrected chi connectivity index (χ1v) is 5.89. The van der Waals surface area contributed by atoms with Crippen molar-refractivity contribution in [3.05, 3.63) is 24.2 Å². The number of carboxylic acid groups (broad SMARTS) is 1. The highest BCUT2D eigenvalue weighted by Gasteiger charge is 2.34. The number of nitrogens with zero attached hydrogens (tertiary/aromatic N) is 2. The van der Waals surface area contributed by atoms with Crippen molar-refractivity contribution in [1.82, 2.24) is 4.90 Å². The first-order chi connectivity index (χ1) is 9.11. The number of carbonyl (C=O) groups is 2. The van der Waals surface area contributed by atoms with E-state index < -0.39 is 12.1 Å². The van der Waals surface area contributed by atoms with E-state index in [1.165, 1.54) is 11.2 Å². The summed E-state index contributed by atoms with van der Waals surface area (Å²) in [4.78, 5) is 29.3. The first-order valence-electron chi connectivity index (χ1n) is 5.89. The Bertz CT molecular complexity index is 494. The van der Waals surface area contributed by atoms with Crippen LogP contribution in [0.4, 0.5) is 0 Å². The Morgan fingerprint density at radius 2 is 2.37 bits per heavy atom. The van der Waals surface area contributed by atoms with Gasteiger partial charge >= 0.3 is 5.97 Å². The van der Waals surface area contributed by atoms with Gasteiger partial charge in [0, 0.05) is 13.0 Å². The summed E-state index contributed by atoms with van der Waals surface area (Å²) in [7, 11) is 0. The molecule has 0 saturated heterocycles. The minimum atomic E-state index is -1.16. The van der Waals surface area contributed by atoms with Crippen molar-refractivity contribution in [1.29, 1.82) is 0 Å². The summed E-state index contributed by atoms with van der Waals surface area (Å²) in [6.45, 7) is 2.63. The van der Waals surface area contributed by atoms with Gasteiger partial charge in [0.15, 0.2) is 5.71 Å². The molecule has 1 aromatic heterocycles. The summed E-state index contributed by atoms with van der Waals surface area (Å²) in [6.07, 6.45) is 0.662. The van der Waals surface area contributed by atoms with Gasteiger partial charge < -0.3 is 19.3 Å². The summed E-state index contributed by atoms with van der Waals surface area (Å²) in [5.74, 6) is -0.796. The molecule has 19 heavy (non-hydrogen) atoms. The van der Waals surface area contributed by atoms with Crippen molar-refractivity contribution in [2.45, 2.75) is 26.0 Å². The standard InChI is InChI=1S/C12H14N2O5/c1-2-14(7-8-4-3-5-18-8)11(15)10-6-9(12(16)17)13-19-10/h3-5,10H,2,6-7H2,1H3,(H,16,17). The van der Waals surface area contributed by atoms with Gasteiger partial charge in [-0.2, -0.15) is 0 Å². The molecule has 0 fully saturated rings. The summed E-state index contributed by atoms with van der Waals surface area (Å²) < 4.78 is 5.18. The van der Waals surface area contributed by atoms with E-state index in [1.807, 2.05) is 6.92 Å². The molecule has 1 aliphatic heterocycles. The van der Waals surface area contributed by atoms with Crippen LogP contribution in [-0.2, 0) is 21.0 Å². The predicted molar refractivity (Wildman–Crippen MR) is 64.4 cm³/mol. The number of hydrogen-bond acceptors (Lipinski definition) is 5. The lowest BCUT2D eigenvalue weighted by Gasteiger charge is -2.21. The van der Waals surface area contributed by atoms with E-state index in [0.29, 0.717) is 18.8 Å². The van der Waals surface area contributed by atoms with Gasteiger partial charge in [0.2, 0.25) is 6.10 Å². The molecule has 2 rings (SSSR count). The summed E-state index contributed by atoms with van der Waals surface area (Å²) in [5, 5.41) is 12.2. The van der Waals surface area contributed by atoms with E-state index >= 15 is 0 Å². The van der Waals surface area contributed by atoms with E-state index in [4.69, 9.17) is 14.4 Å². The van der Waals surface area contributed by atoms with Gasteiger partial charge in [-0.05, 0) is 19.1 Å². The summed E-state index contributed by atoms with van der Waals surface area (Å²) in [6, 6.07) is 3.51. The molecule has 1 unspecified atom stereocenters. The van der Waals surface area contributed by atoms with Crippen molar-refractivity contribution in [2.24, 2.45) is 5.16 Å². The van der Waals surface area contributed by atoms with Crippen LogP contribution < -0.4 is 0 Å². The zero-order valence-electron chi connectivity index (χ0n) is 10.4. The number of amides is 1.